The van der Waals surface area contributed by atoms with E-state index in [-0.39, 0.29) is 17.1 Å². The quantitative estimate of drug-likeness (QED) is 0.384. The molecule has 1 aromatic carbocycles. The predicted octanol–water partition coefficient (Wildman–Crippen LogP) is 6.04. The first-order chi connectivity index (χ1) is 14.7. The van der Waals surface area contributed by atoms with Gasteiger partial charge < -0.3 is 14.4 Å². The van der Waals surface area contributed by atoms with E-state index in [9.17, 15) is 4.79 Å². The Bertz CT molecular complexity index is 830. The Hall–Kier alpha value is -1.25. The number of amidine groups is 1. The van der Waals surface area contributed by atoms with Crippen molar-refractivity contribution in [1.82, 2.24) is 4.90 Å². The smallest absolute Gasteiger partial charge is 0.316 e. The molecule has 1 aromatic rings. The molecule has 0 atom stereocenters. The van der Waals surface area contributed by atoms with Crippen molar-refractivity contribution in [2.24, 2.45) is 10.4 Å². The molecule has 3 rings (SSSR count). The number of ether oxygens (including phenoxy) is 2. The van der Waals surface area contributed by atoms with Crippen LogP contribution in [0, 0.1) is 5.41 Å². The molecule has 1 heterocycles. The Labute approximate surface area is 199 Å². The maximum atomic E-state index is 12.2. The summed E-state index contributed by atoms with van der Waals surface area (Å²) < 4.78 is 11.6. The van der Waals surface area contributed by atoms with Gasteiger partial charge in [0, 0.05) is 12.3 Å². The number of methoxy groups -OCH3 is 1. The highest BCUT2D eigenvalue weighted by Crippen LogP contribution is 2.45. The van der Waals surface area contributed by atoms with E-state index < -0.39 is 5.60 Å². The number of hydrogen-bond acceptors (Lipinski definition) is 7. The normalized spacial score (nSPS) is 20.0. The van der Waals surface area contributed by atoms with Gasteiger partial charge in [0.2, 0.25) is 0 Å². The van der Waals surface area contributed by atoms with Crippen LogP contribution in [0.2, 0.25) is 0 Å². The maximum absolute atomic E-state index is 12.2. The Kier molecular flexibility index (Phi) is 8.32. The van der Waals surface area contributed by atoms with Crippen LogP contribution in [0.25, 0.3) is 0 Å². The molecule has 1 spiro atoms. The van der Waals surface area contributed by atoms with E-state index in [2.05, 4.69) is 4.90 Å². The number of thioether (sulfide) groups is 2. The van der Waals surface area contributed by atoms with Gasteiger partial charge in [0.1, 0.15) is 21.4 Å². The largest absolute Gasteiger partial charge is 0.494 e. The second kappa shape index (κ2) is 10.6. The Morgan fingerprint density at radius 1 is 1.26 bits per heavy atom. The van der Waals surface area contributed by atoms with Crippen molar-refractivity contribution in [1.29, 1.82) is 0 Å². The number of carbonyl (C=O) groups excluding carboxylic acids is 1. The van der Waals surface area contributed by atoms with Gasteiger partial charge in [0.15, 0.2) is 5.17 Å². The van der Waals surface area contributed by atoms with Gasteiger partial charge in [-0.3, -0.25) is 4.79 Å². The minimum atomic E-state index is -0.497. The zero-order valence-electron chi connectivity index (χ0n) is 18.8. The fourth-order valence-corrected chi connectivity index (χ4v) is 6.32. The van der Waals surface area contributed by atoms with Crippen LogP contribution in [-0.4, -0.2) is 51.1 Å². The summed E-state index contributed by atoms with van der Waals surface area (Å²) in [6.45, 7) is 6.48. The second-order valence-electron chi connectivity index (χ2n) is 9.14. The van der Waals surface area contributed by atoms with Crippen LogP contribution in [0.1, 0.15) is 52.9 Å². The second-order valence-corrected chi connectivity index (χ2v) is 11.7. The van der Waals surface area contributed by atoms with Crippen LogP contribution >= 0.6 is 35.7 Å². The van der Waals surface area contributed by atoms with E-state index in [0.29, 0.717) is 4.32 Å². The SMILES string of the molecule is COc1ccccc1N=C1SCC2(CCCCC2)CN1C(=S)SCC(=O)OC(C)(C)C. The first-order valence-electron chi connectivity index (χ1n) is 10.7. The van der Waals surface area contributed by atoms with E-state index >= 15 is 0 Å². The van der Waals surface area contributed by atoms with Crippen molar-refractivity contribution in [3.05, 3.63) is 24.3 Å². The van der Waals surface area contributed by atoms with Gasteiger partial charge >= 0.3 is 5.97 Å². The molecule has 8 heteroatoms. The summed E-state index contributed by atoms with van der Waals surface area (Å²) in [7, 11) is 1.66. The van der Waals surface area contributed by atoms with E-state index in [1.165, 1.54) is 43.9 Å². The Morgan fingerprint density at radius 2 is 1.97 bits per heavy atom. The van der Waals surface area contributed by atoms with E-state index in [1.807, 2.05) is 45.0 Å². The van der Waals surface area contributed by atoms with E-state index in [0.717, 1.165) is 28.9 Å². The highest BCUT2D eigenvalue weighted by atomic mass is 32.2. The average molecular weight is 481 g/mol. The third-order valence-corrected chi connectivity index (χ3v) is 8.15. The number of rotatable bonds is 4. The number of para-hydroxylation sites is 2. The van der Waals surface area contributed by atoms with Crippen LogP contribution in [0.5, 0.6) is 5.75 Å². The molecule has 0 aromatic heterocycles. The van der Waals surface area contributed by atoms with E-state index in [4.69, 9.17) is 26.7 Å². The van der Waals surface area contributed by atoms with Gasteiger partial charge in [-0.2, -0.15) is 0 Å². The van der Waals surface area contributed by atoms with Crippen molar-refractivity contribution in [3.8, 4) is 5.75 Å². The molecule has 5 nitrogen and oxygen atoms in total. The summed E-state index contributed by atoms with van der Waals surface area (Å²) >= 11 is 8.92. The monoisotopic (exact) mass is 480 g/mol. The van der Waals surface area contributed by atoms with Gasteiger partial charge in [0.05, 0.1) is 12.9 Å². The highest BCUT2D eigenvalue weighted by molar-refractivity contribution is 8.23. The topological polar surface area (TPSA) is 51.1 Å². The average Bonchev–Trinajstić information content (AvgIpc) is 2.73. The summed E-state index contributed by atoms with van der Waals surface area (Å²) in [6.07, 6.45) is 6.29. The van der Waals surface area contributed by atoms with Crippen LogP contribution in [0.4, 0.5) is 5.69 Å². The number of aliphatic imine (C=N–C) groups is 1. The lowest BCUT2D eigenvalue weighted by Crippen LogP contribution is -2.49. The predicted molar refractivity (Wildman–Crippen MR) is 136 cm³/mol. The standard InChI is InChI=1S/C23H32N2O3S3/c1-22(2,3)28-19(26)14-30-21(29)25-15-23(12-8-5-9-13-23)16-31-20(25)24-17-10-6-7-11-18(17)27-4/h6-7,10-11H,5,8-9,12-16H2,1-4H3. The van der Waals surface area contributed by atoms with Gasteiger partial charge in [-0.05, 0) is 51.2 Å². The molecule has 2 fully saturated rings. The molecule has 1 aliphatic heterocycles. The molecule has 1 saturated carbocycles. The van der Waals surface area contributed by atoms with Gasteiger partial charge in [0.25, 0.3) is 0 Å². The molecule has 1 saturated heterocycles. The fraction of sp³-hybridized carbons (Fsp3) is 0.609. The molecule has 1 aliphatic carbocycles. The van der Waals surface area contributed by atoms with Gasteiger partial charge in [-0.1, -0.05) is 67.1 Å². The van der Waals surface area contributed by atoms with Crippen molar-refractivity contribution in [2.45, 2.75) is 58.5 Å². The molecule has 31 heavy (non-hydrogen) atoms. The lowest BCUT2D eigenvalue weighted by Gasteiger charge is -2.45. The summed E-state index contributed by atoms with van der Waals surface area (Å²) in [4.78, 5) is 19.3. The zero-order valence-corrected chi connectivity index (χ0v) is 21.3. The van der Waals surface area contributed by atoms with Crippen LogP contribution in [0.15, 0.2) is 29.3 Å². The van der Waals surface area contributed by atoms with Crippen molar-refractivity contribution < 1.29 is 14.3 Å². The van der Waals surface area contributed by atoms with E-state index in [1.54, 1.807) is 18.9 Å². The zero-order chi connectivity index (χ0) is 22.5. The molecule has 0 N–H and O–H groups in total. The fourth-order valence-electron chi connectivity index (χ4n) is 3.98. The van der Waals surface area contributed by atoms with Crippen molar-refractivity contribution in [3.63, 3.8) is 0 Å². The number of nitrogens with zero attached hydrogens (tertiary/aromatic N) is 2. The first-order valence-corrected chi connectivity index (χ1v) is 13.1. The van der Waals surface area contributed by atoms with Crippen molar-refractivity contribution in [2.75, 3.05) is 25.2 Å². The summed E-state index contributed by atoms with van der Waals surface area (Å²) in [6, 6.07) is 7.76. The Balaban J connectivity index is 1.79. The van der Waals surface area contributed by atoms with Gasteiger partial charge in [-0.15, -0.1) is 0 Å². The van der Waals surface area contributed by atoms with Crippen molar-refractivity contribution >= 4 is 56.9 Å². The molecule has 0 amide bonds. The first kappa shape index (κ1) is 24.4. The summed E-state index contributed by atoms with van der Waals surface area (Å²) in [5.74, 6) is 1.74. The molecular weight excluding hydrogens is 448 g/mol. The number of esters is 1. The molecule has 170 valence electrons. The third kappa shape index (κ3) is 6.86. The van der Waals surface area contributed by atoms with Crippen LogP contribution < -0.4 is 4.74 Å². The number of thiocarbonyl (C=S) groups is 1. The minimum Gasteiger partial charge on any atom is -0.494 e. The third-order valence-electron chi connectivity index (χ3n) is 5.40. The van der Waals surface area contributed by atoms with Crippen LogP contribution in [-0.2, 0) is 9.53 Å². The highest BCUT2D eigenvalue weighted by Gasteiger charge is 2.40. The van der Waals surface area contributed by atoms with Gasteiger partial charge in [-0.25, -0.2) is 4.99 Å². The summed E-state index contributed by atoms with van der Waals surface area (Å²) in [5, 5.41) is 0.877. The number of benzene rings is 1. The maximum Gasteiger partial charge on any atom is 0.316 e. The number of carbonyl (C=O) groups is 1. The summed E-state index contributed by atoms with van der Waals surface area (Å²) in [5.41, 5.74) is 0.555. The minimum absolute atomic E-state index is 0.201. The molecule has 0 unspecified atom stereocenters. The molecule has 0 radical (unpaired) electrons. The molecule has 2 aliphatic rings. The number of hydrogen-bond donors (Lipinski definition) is 0. The Morgan fingerprint density at radius 3 is 2.65 bits per heavy atom. The lowest BCUT2D eigenvalue weighted by atomic mass is 9.75. The lowest BCUT2D eigenvalue weighted by molar-refractivity contribution is -0.151. The molecule has 0 bridgehead atoms. The molecular formula is C23H32N2O3S3. The van der Waals surface area contributed by atoms with Crippen LogP contribution in [0.3, 0.4) is 0 Å².